The van der Waals surface area contributed by atoms with Gasteiger partial charge in [0.2, 0.25) is 3.79 Å². The Labute approximate surface area is 86.4 Å². The maximum absolute atomic E-state index is 10.8. The summed E-state index contributed by atoms with van der Waals surface area (Å²) in [4.78, 5) is 10.8. The van der Waals surface area contributed by atoms with Gasteiger partial charge in [-0.05, 0) is 6.92 Å². The Kier molecular flexibility index (Phi) is 4.98. The predicted molar refractivity (Wildman–Crippen MR) is 50.7 cm³/mol. The third-order valence-corrected chi connectivity index (χ3v) is 1.17. The Balaban J connectivity index is 3.65. The van der Waals surface area contributed by atoms with Gasteiger partial charge in [-0.25, -0.2) is 0 Å². The van der Waals surface area contributed by atoms with E-state index in [1.807, 2.05) is 0 Å². The highest BCUT2D eigenvalue weighted by atomic mass is 35.6. The lowest BCUT2D eigenvalue weighted by Crippen LogP contribution is -2.17. The highest BCUT2D eigenvalue weighted by Crippen LogP contribution is 2.26. The van der Waals surface area contributed by atoms with Crippen LogP contribution in [0.15, 0.2) is 12.2 Å². The highest BCUT2D eigenvalue weighted by Gasteiger charge is 2.21. The van der Waals surface area contributed by atoms with Gasteiger partial charge in [-0.15, -0.1) is 0 Å². The van der Waals surface area contributed by atoms with Crippen LogP contribution in [0.4, 0.5) is 0 Å². The highest BCUT2D eigenvalue weighted by molar-refractivity contribution is 6.67. The molecule has 70 valence electrons. The first-order valence-corrected chi connectivity index (χ1v) is 4.31. The van der Waals surface area contributed by atoms with E-state index in [1.165, 1.54) is 0 Å². The normalized spacial score (nSPS) is 11.0. The summed E-state index contributed by atoms with van der Waals surface area (Å²) in [7, 11) is 0. The van der Waals surface area contributed by atoms with Gasteiger partial charge < -0.3 is 4.74 Å². The third kappa shape index (κ3) is 8.18. The molecule has 0 bridgehead atoms. The van der Waals surface area contributed by atoms with E-state index in [9.17, 15) is 4.79 Å². The molecule has 0 aromatic heterocycles. The topological polar surface area (TPSA) is 26.3 Å². The van der Waals surface area contributed by atoms with Gasteiger partial charge in [0.1, 0.15) is 6.61 Å². The zero-order valence-corrected chi connectivity index (χ0v) is 8.84. The van der Waals surface area contributed by atoms with Crippen molar-refractivity contribution >= 4 is 40.8 Å². The molecular formula is C7H9Cl3O2. The van der Waals surface area contributed by atoms with Crippen LogP contribution in [0.25, 0.3) is 0 Å². The van der Waals surface area contributed by atoms with E-state index < -0.39 is 9.76 Å². The van der Waals surface area contributed by atoms with Crippen LogP contribution in [0.5, 0.6) is 0 Å². The molecule has 0 saturated heterocycles. The summed E-state index contributed by atoms with van der Waals surface area (Å²) in [6.45, 7) is 5.03. The zero-order valence-electron chi connectivity index (χ0n) is 6.57. The largest absolute Gasteiger partial charge is 0.461 e. The summed E-state index contributed by atoms with van der Waals surface area (Å²) in [5.41, 5.74) is 0.712. The number of carbonyl (C=O) groups excluding carboxylic acids is 1. The molecule has 0 radical (unpaired) electrons. The average Bonchev–Trinajstić information content (AvgIpc) is 1.80. The van der Waals surface area contributed by atoms with Gasteiger partial charge in [-0.3, -0.25) is 4.79 Å². The Morgan fingerprint density at radius 1 is 1.50 bits per heavy atom. The van der Waals surface area contributed by atoms with Gasteiger partial charge in [0.25, 0.3) is 0 Å². The van der Waals surface area contributed by atoms with Crippen LogP contribution in [0, 0.1) is 0 Å². The summed E-state index contributed by atoms with van der Waals surface area (Å²) in [6, 6.07) is 0. The standard InChI is InChI=1S/C7H9Cl3O2/c1-5(2)3-6(11)12-4-7(8,9)10/h1,3-4H2,2H3. The minimum absolute atomic E-state index is 0.154. The minimum atomic E-state index is -1.54. The molecule has 0 spiro atoms. The summed E-state index contributed by atoms with van der Waals surface area (Å²) in [5.74, 6) is -0.436. The van der Waals surface area contributed by atoms with Crippen LogP contribution in [0.1, 0.15) is 13.3 Å². The fourth-order valence-corrected chi connectivity index (χ4v) is 0.623. The Morgan fingerprint density at radius 3 is 2.33 bits per heavy atom. The van der Waals surface area contributed by atoms with E-state index in [1.54, 1.807) is 6.92 Å². The van der Waals surface area contributed by atoms with Crippen molar-refractivity contribution in [3.05, 3.63) is 12.2 Å². The lowest BCUT2D eigenvalue weighted by Gasteiger charge is -2.10. The number of alkyl halides is 3. The monoisotopic (exact) mass is 230 g/mol. The second-order valence-corrected chi connectivity index (χ2v) is 4.93. The third-order valence-electron chi connectivity index (χ3n) is 0.843. The lowest BCUT2D eigenvalue weighted by atomic mass is 10.2. The number of hydrogen-bond acceptors (Lipinski definition) is 2. The van der Waals surface area contributed by atoms with Crippen molar-refractivity contribution in [2.45, 2.75) is 17.1 Å². The molecule has 0 aliphatic carbocycles. The first-order chi connectivity index (χ1) is 5.31. The van der Waals surface area contributed by atoms with Crippen molar-refractivity contribution in [2.24, 2.45) is 0 Å². The summed E-state index contributed by atoms with van der Waals surface area (Å²) in [5, 5.41) is 0. The molecule has 0 N–H and O–H groups in total. The molecule has 0 aromatic rings. The molecule has 0 aliphatic heterocycles. The summed E-state index contributed by atoms with van der Waals surface area (Å²) >= 11 is 16.0. The molecule has 5 heteroatoms. The maximum Gasteiger partial charge on any atom is 0.310 e. The van der Waals surface area contributed by atoms with Crippen LogP contribution >= 0.6 is 34.8 Å². The van der Waals surface area contributed by atoms with Crippen molar-refractivity contribution < 1.29 is 9.53 Å². The molecule has 0 rings (SSSR count). The zero-order chi connectivity index (χ0) is 9.78. The second-order valence-electron chi connectivity index (χ2n) is 2.41. The predicted octanol–water partition coefficient (Wildman–Crippen LogP) is 2.87. The summed E-state index contributed by atoms with van der Waals surface area (Å²) in [6.07, 6.45) is 0.154. The molecule has 0 saturated carbocycles. The fraction of sp³-hybridized carbons (Fsp3) is 0.571. The molecule has 0 fully saturated rings. The smallest absolute Gasteiger partial charge is 0.310 e. The number of halogens is 3. The van der Waals surface area contributed by atoms with Crippen LogP contribution in [0.3, 0.4) is 0 Å². The summed E-state index contributed by atoms with van der Waals surface area (Å²) < 4.78 is 3.08. The lowest BCUT2D eigenvalue weighted by molar-refractivity contribution is -0.142. The van der Waals surface area contributed by atoms with Crippen LogP contribution < -0.4 is 0 Å². The maximum atomic E-state index is 10.8. The van der Waals surface area contributed by atoms with E-state index in [0.717, 1.165) is 0 Å². The number of carbonyl (C=O) groups is 1. The number of rotatable bonds is 3. The Hall–Kier alpha value is 0.0800. The van der Waals surface area contributed by atoms with Crippen molar-refractivity contribution in [2.75, 3.05) is 6.61 Å². The van der Waals surface area contributed by atoms with Gasteiger partial charge in [0.15, 0.2) is 0 Å². The Bertz CT molecular complexity index is 184. The molecular weight excluding hydrogens is 222 g/mol. The first kappa shape index (κ1) is 12.1. The number of ether oxygens (including phenoxy) is 1. The molecule has 0 amide bonds. The SMILES string of the molecule is C=C(C)CC(=O)OCC(Cl)(Cl)Cl. The van der Waals surface area contributed by atoms with Crippen molar-refractivity contribution in [3.63, 3.8) is 0 Å². The van der Waals surface area contributed by atoms with Gasteiger partial charge in [0, 0.05) is 0 Å². The van der Waals surface area contributed by atoms with E-state index >= 15 is 0 Å². The number of esters is 1. The number of hydrogen-bond donors (Lipinski definition) is 0. The quantitative estimate of drug-likeness (QED) is 0.424. The average molecular weight is 232 g/mol. The van der Waals surface area contributed by atoms with Crippen LogP contribution in [0.2, 0.25) is 0 Å². The molecule has 0 unspecified atom stereocenters. The van der Waals surface area contributed by atoms with Crippen molar-refractivity contribution in [3.8, 4) is 0 Å². The van der Waals surface area contributed by atoms with E-state index in [0.29, 0.717) is 5.57 Å². The molecule has 0 atom stereocenters. The van der Waals surface area contributed by atoms with E-state index in [2.05, 4.69) is 11.3 Å². The Morgan fingerprint density at radius 2 is 2.00 bits per heavy atom. The molecule has 12 heavy (non-hydrogen) atoms. The fourth-order valence-electron chi connectivity index (χ4n) is 0.460. The first-order valence-electron chi connectivity index (χ1n) is 3.18. The molecule has 0 aliphatic rings. The molecule has 0 heterocycles. The van der Waals surface area contributed by atoms with Crippen molar-refractivity contribution in [1.29, 1.82) is 0 Å². The van der Waals surface area contributed by atoms with Crippen LogP contribution in [-0.2, 0) is 9.53 Å². The minimum Gasteiger partial charge on any atom is -0.461 e. The van der Waals surface area contributed by atoms with Gasteiger partial charge >= 0.3 is 5.97 Å². The van der Waals surface area contributed by atoms with E-state index in [4.69, 9.17) is 34.8 Å². The van der Waals surface area contributed by atoms with Gasteiger partial charge in [-0.2, -0.15) is 0 Å². The van der Waals surface area contributed by atoms with Crippen molar-refractivity contribution in [1.82, 2.24) is 0 Å². The second kappa shape index (κ2) is 4.95. The van der Waals surface area contributed by atoms with Gasteiger partial charge in [0.05, 0.1) is 6.42 Å². The van der Waals surface area contributed by atoms with E-state index in [-0.39, 0.29) is 13.0 Å². The van der Waals surface area contributed by atoms with Gasteiger partial charge in [-0.1, -0.05) is 47.0 Å². The molecule has 0 aromatic carbocycles. The van der Waals surface area contributed by atoms with Crippen LogP contribution in [-0.4, -0.2) is 16.4 Å². The molecule has 2 nitrogen and oxygen atoms in total.